The predicted octanol–water partition coefficient (Wildman–Crippen LogP) is -0.553. The Balaban J connectivity index is 2.33. The van der Waals surface area contributed by atoms with E-state index in [1.807, 2.05) is 0 Å². The van der Waals surface area contributed by atoms with E-state index in [0.717, 1.165) is 13.1 Å². The highest BCUT2D eigenvalue weighted by Gasteiger charge is 2.22. The number of nitrogens with zero attached hydrogens (tertiary/aromatic N) is 1. The van der Waals surface area contributed by atoms with E-state index in [0.29, 0.717) is 12.3 Å². The van der Waals surface area contributed by atoms with Gasteiger partial charge >= 0.3 is 0 Å². The van der Waals surface area contributed by atoms with Gasteiger partial charge in [0.15, 0.2) is 0 Å². The highest BCUT2D eigenvalue weighted by molar-refractivity contribution is 4.89. The Morgan fingerprint density at radius 1 is 1.67 bits per heavy atom. The molecular weight excluding hydrogens is 114 g/mol. The molecule has 2 unspecified atom stereocenters. The molecule has 1 heterocycles. The van der Waals surface area contributed by atoms with Gasteiger partial charge in [-0.15, -0.1) is 0 Å². The van der Waals surface area contributed by atoms with E-state index in [2.05, 4.69) is 11.4 Å². The summed E-state index contributed by atoms with van der Waals surface area (Å²) in [5.74, 6) is 0.384. The van der Waals surface area contributed by atoms with Crippen molar-refractivity contribution in [2.45, 2.75) is 12.5 Å². The maximum atomic E-state index is 8.31. The van der Waals surface area contributed by atoms with Crippen molar-refractivity contribution in [1.82, 2.24) is 5.32 Å². The number of hydrogen-bond donors (Lipinski definition) is 2. The van der Waals surface area contributed by atoms with Gasteiger partial charge in [0.25, 0.3) is 0 Å². The minimum Gasteiger partial charge on any atom is -0.326 e. The summed E-state index contributed by atoms with van der Waals surface area (Å²) in [7, 11) is 0. The first-order chi connectivity index (χ1) is 4.34. The minimum atomic E-state index is 0.199. The van der Waals surface area contributed by atoms with E-state index in [9.17, 15) is 0 Å². The SMILES string of the molecule is N#CCC1CNCC1N. The zero-order valence-corrected chi connectivity index (χ0v) is 5.30. The van der Waals surface area contributed by atoms with Crippen LogP contribution in [0, 0.1) is 17.2 Å². The molecule has 0 aromatic heterocycles. The van der Waals surface area contributed by atoms with Gasteiger partial charge in [-0.3, -0.25) is 0 Å². The maximum Gasteiger partial charge on any atom is 0.0625 e. The molecule has 0 spiro atoms. The maximum absolute atomic E-state index is 8.31. The van der Waals surface area contributed by atoms with Crippen LogP contribution in [0.1, 0.15) is 6.42 Å². The first-order valence-corrected chi connectivity index (χ1v) is 3.18. The van der Waals surface area contributed by atoms with Crippen molar-refractivity contribution in [3.05, 3.63) is 0 Å². The second-order valence-electron chi connectivity index (χ2n) is 2.44. The predicted molar refractivity (Wildman–Crippen MR) is 34.6 cm³/mol. The van der Waals surface area contributed by atoms with Crippen LogP contribution in [-0.2, 0) is 0 Å². The van der Waals surface area contributed by atoms with Crippen LogP contribution in [0.4, 0.5) is 0 Å². The number of nitrogens with one attached hydrogen (secondary N) is 1. The topological polar surface area (TPSA) is 61.8 Å². The minimum absolute atomic E-state index is 0.199. The van der Waals surface area contributed by atoms with Crippen LogP contribution < -0.4 is 11.1 Å². The molecule has 1 fully saturated rings. The van der Waals surface area contributed by atoms with E-state index >= 15 is 0 Å². The summed E-state index contributed by atoms with van der Waals surface area (Å²) in [4.78, 5) is 0. The van der Waals surface area contributed by atoms with Crippen LogP contribution in [0.15, 0.2) is 0 Å². The third-order valence-corrected chi connectivity index (χ3v) is 1.75. The van der Waals surface area contributed by atoms with Crippen molar-refractivity contribution in [2.24, 2.45) is 11.7 Å². The molecule has 3 N–H and O–H groups in total. The monoisotopic (exact) mass is 125 g/mol. The molecule has 0 aromatic rings. The zero-order valence-electron chi connectivity index (χ0n) is 5.30. The lowest BCUT2D eigenvalue weighted by Crippen LogP contribution is -2.28. The van der Waals surface area contributed by atoms with Gasteiger partial charge in [0, 0.05) is 31.5 Å². The molecule has 0 bridgehead atoms. The van der Waals surface area contributed by atoms with E-state index in [-0.39, 0.29) is 6.04 Å². The summed E-state index contributed by atoms with van der Waals surface area (Å²) >= 11 is 0. The van der Waals surface area contributed by atoms with E-state index in [4.69, 9.17) is 11.0 Å². The normalized spacial score (nSPS) is 34.2. The second-order valence-corrected chi connectivity index (χ2v) is 2.44. The van der Waals surface area contributed by atoms with Crippen LogP contribution in [0.3, 0.4) is 0 Å². The summed E-state index contributed by atoms with van der Waals surface area (Å²) in [6, 6.07) is 2.32. The number of rotatable bonds is 1. The average molecular weight is 125 g/mol. The molecular formula is C6H11N3. The smallest absolute Gasteiger partial charge is 0.0625 e. The fraction of sp³-hybridized carbons (Fsp3) is 0.833. The van der Waals surface area contributed by atoms with Crippen molar-refractivity contribution < 1.29 is 0 Å². The Morgan fingerprint density at radius 3 is 2.89 bits per heavy atom. The standard InChI is InChI=1S/C6H11N3/c7-2-1-5-3-9-4-6(5)8/h5-6,9H,1,3-4,8H2. The van der Waals surface area contributed by atoms with Crippen LogP contribution >= 0.6 is 0 Å². The molecule has 1 saturated heterocycles. The van der Waals surface area contributed by atoms with Crippen molar-refractivity contribution in [3.8, 4) is 6.07 Å². The molecule has 0 aromatic carbocycles. The molecule has 3 nitrogen and oxygen atoms in total. The Labute approximate surface area is 54.8 Å². The molecule has 1 rings (SSSR count). The average Bonchev–Trinajstić information content (AvgIpc) is 2.18. The molecule has 1 aliphatic rings. The molecule has 9 heavy (non-hydrogen) atoms. The Morgan fingerprint density at radius 2 is 2.44 bits per heavy atom. The van der Waals surface area contributed by atoms with Gasteiger partial charge in [0.05, 0.1) is 6.07 Å². The fourth-order valence-corrected chi connectivity index (χ4v) is 1.09. The quantitative estimate of drug-likeness (QED) is 0.494. The second kappa shape index (κ2) is 2.81. The van der Waals surface area contributed by atoms with Gasteiger partial charge in [0.2, 0.25) is 0 Å². The van der Waals surface area contributed by atoms with Crippen LogP contribution in [-0.4, -0.2) is 19.1 Å². The molecule has 0 saturated carbocycles. The molecule has 0 amide bonds. The van der Waals surface area contributed by atoms with Crippen LogP contribution in [0.5, 0.6) is 0 Å². The zero-order chi connectivity index (χ0) is 6.69. The summed E-state index contributed by atoms with van der Waals surface area (Å²) in [5.41, 5.74) is 5.65. The molecule has 1 aliphatic heterocycles. The molecule has 0 aliphatic carbocycles. The summed E-state index contributed by atoms with van der Waals surface area (Å²) in [6.07, 6.45) is 0.591. The van der Waals surface area contributed by atoms with Crippen molar-refractivity contribution in [3.63, 3.8) is 0 Å². The first kappa shape index (κ1) is 6.53. The largest absolute Gasteiger partial charge is 0.326 e. The van der Waals surface area contributed by atoms with Gasteiger partial charge in [-0.05, 0) is 0 Å². The number of nitriles is 1. The molecule has 3 heteroatoms. The lowest BCUT2D eigenvalue weighted by atomic mass is 10.0. The summed E-state index contributed by atoms with van der Waals surface area (Å²) in [6.45, 7) is 1.78. The van der Waals surface area contributed by atoms with E-state index in [1.165, 1.54) is 0 Å². The lowest BCUT2D eigenvalue weighted by Gasteiger charge is -2.07. The van der Waals surface area contributed by atoms with Crippen LogP contribution in [0.25, 0.3) is 0 Å². The number of hydrogen-bond acceptors (Lipinski definition) is 3. The van der Waals surface area contributed by atoms with E-state index < -0.39 is 0 Å². The van der Waals surface area contributed by atoms with Crippen LogP contribution in [0.2, 0.25) is 0 Å². The molecule has 2 atom stereocenters. The van der Waals surface area contributed by atoms with Crippen molar-refractivity contribution in [2.75, 3.05) is 13.1 Å². The van der Waals surface area contributed by atoms with Gasteiger partial charge in [-0.1, -0.05) is 0 Å². The fourth-order valence-electron chi connectivity index (χ4n) is 1.09. The van der Waals surface area contributed by atoms with Gasteiger partial charge < -0.3 is 11.1 Å². The van der Waals surface area contributed by atoms with Gasteiger partial charge in [0.1, 0.15) is 0 Å². The number of nitrogens with two attached hydrogens (primary N) is 1. The Hall–Kier alpha value is -0.590. The third-order valence-electron chi connectivity index (χ3n) is 1.75. The van der Waals surface area contributed by atoms with E-state index in [1.54, 1.807) is 0 Å². The first-order valence-electron chi connectivity index (χ1n) is 3.18. The van der Waals surface area contributed by atoms with Gasteiger partial charge in [-0.2, -0.15) is 5.26 Å². The highest BCUT2D eigenvalue weighted by atomic mass is 15.0. The lowest BCUT2D eigenvalue weighted by molar-refractivity contribution is 0.526. The van der Waals surface area contributed by atoms with Crippen molar-refractivity contribution >= 4 is 0 Å². The van der Waals surface area contributed by atoms with Gasteiger partial charge in [-0.25, -0.2) is 0 Å². The molecule has 0 radical (unpaired) electrons. The Kier molecular flexibility index (Phi) is 2.04. The summed E-state index contributed by atoms with van der Waals surface area (Å²) in [5, 5.41) is 11.4. The Bertz CT molecular complexity index is 127. The molecule has 50 valence electrons. The van der Waals surface area contributed by atoms with Crippen molar-refractivity contribution in [1.29, 1.82) is 5.26 Å². The third kappa shape index (κ3) is 1.41. The highest BCUT2D eigenvalue weighted by Crippen LogP contribution is 2.09. The summed E-state index contributed by atoms with van der Waals surface area (Å²) < 4.78 is 0.